The van der Waals surface area contributed by atoms with Crippen LogP contribution < -0.4 is 4.90 Å². The van der Waals surface area contributed by atoms with Crippen molar-refractivity contribution in [3.8, 4) is 0 Å². The molecule has 22 heavy (non-hydrogen) atoms. The van der Waals surface area contributed by atoms with E-state index in [4.69, 9.17) is 4.42 Å². The molecule has 0 radical (unpaired) electrons. The third-order valence-electron chi connectivity index (χ3n) is 3.27. The summed E-state index contributed by atoms with van der Waals surface area (Å²) in [5.74, 6) is 0.773. The maximum absolute atomic E-state index is 11.3. The van der Waals surface area contributed by atoms with Gasteiger partial charge in [0.15, 0.2) is 0 Å². The zero-order chi connectivity index (χ0) is 15.4. The largest absolute Gasteiger partial charge is 0.467 e. The Morgan fingerprint density at radius 3 is 2.64 bits per heavy atom. The van der Waals surface area contributed by atoms with E-state index >= 15 is 0 Å². The van der Waals surface area contributed by atoms with Crippen LogP contribution in [0.25, 0.3) is 0 Å². The summed E-state index contributed by atoms with van der Waals surface area (Å²) in [6.07, 6.45) is 1.61. The van der Waals surface area contributed by atoms with Gasteiger partial charge in [-0.05, 0) is 29.6 Å². The first-order valence-electron chi connectivity index (χ1n) is 6.77. The number of para-hydroxylation sites is 2. The SMILES string of the molecule is O=[N+]([O-])c1ccccc1N(Cc1ccco1)Cc1cccs1. The fraction of sp³-hybridized carbons (Fsp3) is 0.125. The standard InChI is InChI=1S/C16H14N2O3S/c19-18(20)16-8-2-1-7-15(16)17(11-13-5-3-9-21-13)12-14-6-4-10-22-14/h1-10H,11-12H2. The fourth-order valence-electron chi connectivity index (χ4n) is 2.29. The van der Waals surface area contributed by atoms with Crippen molar-refractivity contribution in [3.63, 3.8) is 0 Å². The Bertz CT molecular complexity index is 702. The molecule has 0 amide bonds. The van der Waals surface area contributed by atoms with Crippen LogP contribution >= 0.6 is 11.3 Å². The maximum atomic E-state index is 11.3. The summed E-state index contributed by atoms with van der Waals surface area (Å²) >= 11 is 1.63. The van der Waals surface area contributed by atoms with Crippen molar-refractivity contribution < 1.29 is 9.34 Å². The molecule has 0 aliphatic carbocycles. The summed E-state index contributed by atoms with van der Waals surface area (Å²) in [6, 6.07) is 14.5. The van der Waals surface area contributed by atoms with Crippen LogP contribution in [0.5, 0.6) is 0 Å². The molecule has 0 unspecified atom stereocenters. The molecule has 0 bridgehead atoms. The molecule has 0 N–H and O–H groups in total. The van der Waals surface area contributed by atoms with E-state index in [9.17, 15) is 10.1 Å². The first kappa shape index (κ1) is 14.3. The molecular weight excluding hydrogens is 300 g/mol. The van der Waals surface area contributed by atoms with Crippen LogP contribution in [-0.4, -0.2) is 4.92 Å². The van der Waals surface area contributed by atoms with E-state index in [1.807, 2.05) is 40.6 Å². The predicted octanol–water partition coefficient (Wildman–Crippen LogP) is 4.46. The lowest BCUT2D eigenvalue weighted by Gasteiger charge is -2.23. The monoisotopic (exact) mass is 314 g/mol. The summed E-state index contributed by atoms with van der Waals surface area (Å²) in [6.45, 7) is 1.08. The molecule has 2 aromatic heterocycles. The second-order valence-corrected chi connectivity index (χ2v) is 5.79. The smallest absolute Gasteiger partial charge is 0.292 e. The lowest BCUT2D eigenvalue weighted by atomic mass is 10.2. The first-order chi connectivity index (χ1) is 10.7. The fourth-order valence-corrected chi connectivity index (χ4v) is 3.01. The molecule has 3 rings (SSSR count). The Balaban J connectivity index is 1.95. The minimum absolute atomic E-state index is 0.102. The number of furan rings is 1. The van der Waals surface area contributed by atoms with E-state index in [0.717, 1.165) is 10.6 Å². The van der Waals surface area contributed by atoms with Crippen molar-refractivity contribution >= 4 is 22.7 Å². The molecule has 1 aromatic carbocycles. The van der Waals surface area contributed by atoms with E-state index in [1.165, 1.54) is 6.07 Å². The van der Waals surface area contributed by atoms with Gasteiger partial charge in [0.2, 0.25) is 0 Å². The van der Waals surface area contributed by atoms with Crippen LogP contribution in [0.3, 0.4) is 0 Å². The molecule has 3 aromatic rings. The van der Waals surface area contributed by atoms with Gasteiger partial charge in [-0.2, -0.15) is 0 Å². The molecule has 0 aliphatic heterocycles. The van der Waals surface area contributed by atoms with Gasteiger partial charge in [0.25, 0.3) is 5.69 Å². The third kappa shape index (κ3) is 3.17. The molecule has 0 saturated carbocycles. The Morgan fingerprint density at radius 1 is 1.09 bits per heavy atom. The molecule has 6 heteroatoms. The second kappa shape index (κ2) is 6.44. The highest BCUT2D eigenvalue weighted by Gasteiger charge is 2.20. The van der Waals surface area contributed by atoms with E-state index in [-0.39, 0.29) is 10.6 Å². The number of nitro groups is 1. The van der Waals surface area contributed by atoms with E-state index in [2.05, 4.69) is 0 Å². The zero-order valence-corrected chi connectivity index (χ0v) is 12.5. The van der Waals surface area contributed by atoms with Crippen molar-refractivity contribution in [1.29, 1.82) is 0 Å². The van der Waals surface area contributed by atoms with E-state index < -0.39 is 0 Å². The van der Waals surface area contributed by atoms with Gasteiger partial charge < -0.3 is 9.32 Å². The summed E-state index contributed by atoms with van der Waals surface area (Å²) in [7, 11) is 0. The van der Waals surface area contributed by atoms with Gasteiger partial charge in [0, 0.05) is 10.9 Å². The molecule has 112 valence electrons. The topological polar surface area (TPSA) is 59.5 Å². The van der Waals surface area contributed by atoms with Crippen LogP contribution in [0.2, 0.25) is 0 Å². The summed E-state index contributed by atoms with van der Waals surface area (Å²) in [4.78, 5) is 14.0. The Hall–Kier alpha value is -2.60. The van der Waals surface area contributed by atoms with Gasteiger partial charge in [-0.3, -0.25) is 10.1 Å². The van der Waals surface area contributed by atoms with Crippen LogP contribution in [0.4, 0.5) is 11.4 Å². The molecule has 0 atom stereocenters. The third-order valence-corrected chi connectivity index (χ3v) is 4.13. The normalized spacial score (nSPS) is 10.5. The zero-order valence-electron chi connectivity index (χ0n) is 11.7. The van der Waals surface area contributed by atoms with Gasteiger partial charge in [0.05, 0.1) is 24.3 Å². The number of anilines is 1. The van der Waals surface area contributed by atoms with Crippen LogP contribution in [0, 0.1) is 10.1 Å². The lowest BCUT2D eigenvalue weighted by Crippen LogP contribution is -2.22. The van der Waals surface area contributed by atoms with Crippen molar-refractivity contribution in [2.75, 3.05) is 4.90 Å². The number of hydrogen-bond donors (Lipinski definition) is 0. The number of nitrogens with zero attached hydrogens (tertiary/aromatic N) is 2. The predicted molar refractivity (Wildman–Crippen MR) is 86.0 cm³/mol. The number of rotatable bonds is 6. The van der Waals surface area contributed by atoms with Gasteiger partial charge in [-0.25, -0.2) is 0 Å². The average molecular weight is 314 g/mol. The van der Waals surface area contributed by atoms with Gasteiger partial charge in [-0.1, -0.05) is 18.2 Å². The minimum Gasteiger partial charge on any atom is -0.467 e. The second-order valence-electron chi connectivity index (χ2n) is 4.76. The van der Waals surface area contributed by atoms with Gasteiger partial charge in [0.1, 0.15) is 11.4 Å². The van der Waals surface area contributed by atoms with Crippen LogP contribution in [0.15, 0.2) is 64.6 Å². The highest BCUT2D eigenvalue weighted by atomic mass is 32.1. The van der Waals surface area contributed by atoms with Crippen molar-refractivity contribution in [1.82, 2.24) is 0 Å². The highest BCUT2D eigenvalue weighted by Crippen LogP contribution is 2.30. The van der Waals surface area contributed by atoms with E-state index in [0.29, 0.717) is 18.8 Å². The quantitative estimate of drug-likeness (QED) is 0.498. The highest BCUT2D eigenvalue weighted by molar-refractivity contribution is 7.09. The molecular formula is C16H14N2O3S. The Labute approximate surface area is 131 Å². The first-order valence-corrected chi connectivity index (χ1v) is 7.65. The Kier molecular flexibility index (Phi) is 4.20. The molecule has 2 heterocycles. The molecule has 0 aliphatic rings. The minimum atomic E-state index is -0.348. The average Bonchev–Trinajstić information content (AvgIpc) is 3.20. The summed E-state index contributed by atoms with van der Waals surface area (Å²) < 4.78 is 5.40. The molecule has 5 nitrogen and oxygen atoms in total. The lowest BCUT2D eigenvalue weighted by molar-refractivity contribution is -0.384. The molecule has 0 fully saturated rings. The van der Waals surface area contributed by atoms with Gasteiger partial charge in [-0.15, -0.1) is 11.3 Å². The van der Waals surface area contributed by atoms with Crippen LogP contribution in [0.1, 0.15) is 10.6 Å². The van der Waals surface area contributed by atoms with Crippen LogP contribution in [-0.2, 0) is 13.1 Å². The van der Waals surface area contributed by atoms with Crippen molar-refractivity contribution in [2.24, 2.45) is 0 Å². The maximum Gasteiger partial charge on any atom is 0.292 e. The number of hydrogen-bond acceptors (Lipinski definition) is 5. The number of benzene rings is 1. The number of thiophene rings is 1. The van der Waals surface area contributed by atoms with Crippen molar-refractivity contribution in [2.45, 2.75) is 13.1 Å². The number of nitro benzene ring substituents is 1. The molecule has 0 saturated heterocycles. The van der Waals surface area contributed by atoms with Gasteiger partial charge >= 0.3 is 0 Å². The van der Waals surface area contributed by atoms with E-state index in [1.54, 1.807) is 29.7 Å². The Morgan fingerprint density at radius 2 is 1.95 bits per heavy atom. The summed E-state index contributed by atoms with van der Waals surface area (Å²) in [5.41, 5.74) is 0.697. The molecule has 0 spiro atoms. The summed E-state index contributed by atoms with van der Waals surface area (Å²) in [5, 5.41) is 13.3. The van der Waals surface area contributed by atoms with Crippen molar-refractivity contribution in [3.05, 3.63) is 80.9 Å².